The van der Waals surface area contributed by atoms with Gasteiger partial charge in [0.05, 0.1) is 4.90 Å². The van der Waals surface area contributed by atoms with Gasteiger partial charge in [0.1, 0.15) is 0 Å². The Labute approximate surface area is 164 Å². The number of sulfonamides is 1. The van der Waals surface area contributed by atoms with Gasteiger partial charge in [0.15, 0.2) is 16.6 Å². The van der Waals surface area contributed by atoms with Crippen LogP contribution in [0.5, 0.6) is 11.5 Å². The van der Waals surface area contributed by atoms with Crippen LogP contribution in [-0.2, 0) is 14.8 Å². The summed E-state index contributed by atoms with van der Waals surface area (Å²) < 4.78 is 26.9. The number of carbonyl (C=O) groups excluding carboxylic acids is 1. The molecule has 4 N–H and O–H groups in total. The lowest BCUT2D eigenvalue weighted by molar-refractivity contribution is -0.111. The molecule has 28 heavy (non-hydrogen) atoms. The van der Waals surface area contributed by atoms with E-state index in [2.05, 4.69) is 15.0 Å². The smallest absolute Gasteiger partial charge is 0.263 e. The van der Waals surface area contributed by atoms with Gasteiger partial charge in [-0.2, -0.15) is 0 Å². The number of phenolic OH excluding ortho intramolecular Hbond substituents is 2. The van der Waals surface area contributed by atoms with Gasteiger partial charge in [-0.3, -0.25) is 9.52 Å². The van der Waals surface area contributed by atoms with E-state index in [0.717, 1.165) is 0 Å². The lowest BCUT2D eigenvalue weighted by Crippen LogP contribution is -2.13. The van der Waals surface area contributed by atoms with Crippen LogP contribution in [0.4, 0.5) is 10.8 Å². The number of aromatic hydroxyl groups is 2. The van der Waals surface area contributed by atoms with E-state index in [0.29, 0.717) is 11.3 Å². The molecule has 0 atom stereocenters. The number of rotatable bonds is 6. The Bertz CT molecular complexity index is 1110. The molecule has 1 aromatic heterocycles. The maximum atomic E-state index is 12.3. The van der Waals surface area contributed by atoms with Crippen molar-refractivity contribution in [2.45, 2.75) is 4.90 Å². The zero-order valence-electron chi connectivity index (χ0n) is 14.2. The molecule has 3 aromatic rings. The van der Waals surface area contributed by atoms with Crippen LogP contribution in [0, 0.1) is 0 Å². The Morgan fingerprint density at radius 3 is 2.46 bits per heavy atom. The van der Waals surface area contributed by atoms with E-state index in [-0.39, 0.29) is 21.5 Å². The van der Waals surface area contributed by atoms with E-state index < -0.39 is 15.9 Å². The lowest BCUT2D eigenvalue weighted by atomic mass is 10.2. The fourth-order valence-electron chi connectivity index (χ4n) is 2.17. The standard InChI is InChI=1S/C18H15N3O5S2/c22-15-7-1-12(11-16(15)23)2-8-17(24)20-13-3-5-14(6-4-13)28(25,26)21-18-19-9-10-27-18/h1-11,22-23H,(H,19,21)(H,20,24)/b8-2+. The molecule has 10 heteroatoms. The number of amides is 1. The predicted molar refractivity (Wildman–Crippen MR) is 107 cm³/mol. The minimum Gasteiger partial charge on any atom is -0.504 e. The highest BCUT2D eigenvalue weighted by Gasteiger charge is 2.15. The minimum absolute atomic E-state index is 0.0378. The molecule has 2 aromatic carbocycles. The Morgan fingerprint density at radius 2 is 1.82 bits per heavy atom. The van der Waals surface area contributed by atoms with Crippen LogP contribution in [-0.4, -0.2) is 29.5 Å². The van der Waals surface area contributed by atoms with Gasteiger partial charge >= 0.3 is 0 Å². The molecule has 0 radical (unpaired) electrons. The molecule has 8 nitrogen and oxygen atoms in total. The van der Waals surface area contributed by atoms with Crippen molar-refractivity contribution in [3.63, 3.8) is 0 Å². The van der Waals surface area contributed by atoms with Crippen molar-refractivity contribution < 1.29 is 23.4 Å². The maximum absolute atomic E-state index is 12.3. The van der Waals surface area contributed by atoms with Crippen molar-refractivity contribution in [2.24, 2.45) is 0 Å². The van der Waals surface area contributed by atoms with Gasteiger partial charge < -0.3 is 15.5 Å². The number of hydrogen-bond acceptors (Lipinski definition) is 7. The Kier molecular flexibility index (Phi) is 5.62. The fraction of sp³-hybridized carbons (Fsp3) is 0. The second kappa shape index (κ2) is 8.11. The molecular formula is C18H15N3O5S2. The molecular weight excluding hydrogens is 402 g/mol. The van der Waals surface area contributed by atoms with Crippen molar-refractivity contribution in [1.29, 1.82) is 0 Å². The van der Waals surface area contributed by atoms with Gasteiger partial charge in [-0.05, 0) is 48.0 Å². The third-order valence-electron chi connectivity index (χ3n) is 3.51. The second-order valence-corrected chi connectivity index (χ2v) is 8.11. The molecule has 144 valence electrons. The largest absolute Gasteiger partial charge is 0.504 e. The third kappa shape index (κ3) is 4.87. The van der Waals surface area contributed by atoms with Crippen LogP contribution >= 0.6 is 11.3 Å². The predicted octanol–water partition coefficient (Wildman–Crippen LogP) is 3.01. The average Bonchev–Trinajstić information content (AvgIpc) is 3.15. The number of hydrogen-bond donors (Lipinski definition) is 4. The highest BCUT2D eigenvalue weighted by Crippen LogP contribution is 2.25. The fourth-order valence-corrected chi connectivity index (χ4v) is 3.95. The Balaban J connectivity index is 1.64. The topological polar surface area (TPSA) is 129 Å². The molecule has 3 rings (SSSR count). The average molecular weight is 417 g/mol. The van der Waals surface area contributed by atoms with E-state index in [1.54, 1.807) is 5.38 Å². The van der Waals surface area contributed by atoms with Crippen LogP contribution in [0.3, 0.4) is 0 Å². The zero-order valence-corrected chi connectivity index (χ0v) is 15.9. The number of nitrogens with zero attached hydrogens (tertiary/aromatic N) is 1. The zero-order chi connectivity index (χ0) is 20.1. The van der Waals surface area contributed by atoms with Gasteiger partial charge in [0.25, 0.3) is 10.0 Å². The molecule has 0 spiro atoms. The number of carbonyl (C=O) groups is 1. The highest BCUT2D eigenvalue weighted by atomic mass is 32.2. The summed E-state index contributed by atoms with van der Waals surface area (Å²) in [6.45, 7) is 0. The Morgan fingerprint density at radius 1 is 1.07 bits per heavy atom. The molecule has 0 fully saturated rings. The second-order valence-electron chi connectivity index (χ2n) is 5.54. The van der Waals surface area contributed by atoms with E-state index in [1.165, 1.54) is 72.2 Å². The molecule has 0 bridgehead atoms. The van der Waals surface area contributed by atoms with Crippen LogP contribution in [0.2, 0.25) is 0 Å². The van der Waals surface area contributed by atoms with Crippen molar-refractivity contribution >= 4 is 44.2 Å². The molecule has 1 amide bonds. The van der Waals surface area contributed by atoms with Crippen molar-refractivity contribution in [3.05, 3.63) is 65.7 Å². The summed E-state index contributed by atoms with van der Waals surface area (Å²) in [5, 5.41) is 23.2. The van der Waals surface area contributed by atoms with E-state index >= 15 is 0 Å². The molecule has 0 aliphatic rings. The van der Waals surface area contributed by atoms with Crippen LogP contribution in [0.1, 0.15) is 5.56 Å². The summed E-state index contributed by atoms with van der Waals surface area (Å²) >= 11 is 1.17. The Hall–Kier alpha value is -3.37. The number of benzene rings is 2. The number of phenols is 2. The van der Waals surface area contributed by atoms with Gasteiger partial charge in [-0.1, -0.05) is 6.07 Å². The number of nitrogens with one attached hydrogen (secondary N) is 2. The SMILES string of the molecule is O=C(/C=C/c1ccc(O)c(O)c1)Nc1ccc(S(=O)(=O)Nc2nccs2)cc1. The van der Waals surface area contributed by atoms with Crippen molar-refractivity contribution in [1.82, 2.24) is 4.98 Å². The highest BCUT2D eigenvalue weighted by molar-refractivity contribution is 7.93. The summed E-state index contributed by atoms with van der Waals surface area (Å²) in [5.74, 6) is -0.976. The minimum atomic E-state index is -3.76. The molecule has 1 heterocycles. The molecule has 0 saturated heterocycles. The first kappa shape index (κ1) is 19.4. The molecule has 0 aliphatic heterocycles. The first-order valence-electron chi connectivity index (χ1n) is 7.87. The summed E-state index contributed by atoms with van der Waals surface area (Å²) in [5.41, 5.74) is 0.941. The van der Waals surface area contributed by atoms with Gasteiger partial charge in [0, 0.05) is 23.3 Å². The number of aromatic nitrogens is 1. The number of anilines is 2. The van der Waals surface area contributed by atoms with Crippen LogP contribution in [0.25, 0.3) is 6.08 Å². The van der Waals surface area contributed by atoms with Gasteiger partial charge in [-0.15, -0.1) is 11.3 Å². The summed E-state index contributed by atoms with van der Waals surface area (Å²) in [6, 6.07) is 9.83. The first-order chi connectivity index (χ1) is 13.3. The van der Waals surface area contributed by atoms with Gasteiger partial charge in [-0.25, -0.2) is 13.4 Å². The normalized spacial score (nSPS) is 11.4. The quantitative estimate of drug-likeness (QED) is 0.360. The maximum Gasteiger partial charge on any atom is 0.263 e. The van der Waals surface area contributed by atoms with Crippen LogP contribution in [0.15, 0.2) is 65.0 Å². The van der Waals surface area contributed by atoms with E-state index in [9.17, 15) is 23.4 Å². The van der Waals surface area contributed by atoms with Crippen molar-refractivity contribution in [3.8, 4) is 11.5 Å². The van der Waals surface area contributed by atoms with Crippen LogP contribution < -0.4 is 10.0 Å². The monoisotopic (exact) mass is 417 g/mol. The third-order valence-corrected chi connectivity index (χ3v) is 5.69. The van der Waals surface area contributed by atoms with E-state index in [1.807, 2.05) is 0 Å². The molecule has 0 saturated carbocycles. The summed E-state index contributed by atoms with van der Waals surface area (Å²) in [6.07, 6.45) is 4.21. The molecule has 0 aliphatic carbocycles. The molecule has 0 unspecified atom stereocenters. The van der Waals surface area contributed by atoms with Gasteiger partial charge in [0.2, 0.25) is 5.91 Å². The summed E-state index contributed by atoms with van der Waals surface area (Å²) in [7, 11) is -3.76. The van der Waals surface area contributed by atoms with E-state index in [4.69, 9.17) is 0 Å². The summed E-state index contributed by atoms with van der Waals surface area (Å²) in [4.78, 5) is 15.9. The van der Waals surface area contributed by atoms with Crippen molar-refractivity contribution in [2.75, 3.05) is 10.0 Å². The lowest BCUT2D eigenvalue weighted by Gasteiger charge is -2.07. The number of thiazole rings is 1. The first-order valence-corrected chi connectivity index (χ1v) is 10.2.